The molecular formula is C16H20N3NaO6. The molecule has 0 aromatic heterocycles. The number of nitrogens with zero attached hydrogens (tertiary/aromatic N) is 2. The van der Waals surface area contributed by atoms with Crippen LogP contribution in [0.5, 0.6) is 0 Å². The zero-order valence-corrected chi connectivity index (χ0v) is 16.7. The SMILES string of the molecule is CC(=O)N1C[C@H]2CC(COC(=O)NC3CC3)=C(C(=O)O)N3C(=O)[C@@H]1[C@@H]23.[H-].[Na+]. The number of carbonyl (C=O) groups excluding carboxylic acids is 3. The molecule has 0 bridgehead atoms. The summed E-state index contributed by atoms with van der Waals surface area (Å²) in [6.45, 7) is 1.65. The molecule has 136 valence electrons. The van der Waals surface area contributed by atoms with Crippen molar-refractivity contribution in [3.8, 4) is 0 Å². The topological polar surface area (TPSA) is 116 Å². The largest absolute Gasteiger partial charge is 1.00 e. The van der Waals surface area contributed by atoms with Gasteiger partial charge in [0.05, 0.1) is 6.04 Å². The van der Waals surface area contributed by atoms with Crippen LogP contribution >= 0.6 is 0 Å². The fourth-order valence-corrected chi connectivity index (χ4v) is 4.08. The number of hydrogen-bond acceptors (Lipinski definition) is 5. The fraction of sp³-hybridized carbons (Fsp3) is 0.625. The Hall–Kier alpha value is -1.58. The van der Waals surface area contributed by atoms with Crippen LogP contribution in [0.15, 0.2) is 11.3 Å². The number of nitrogens with one attached hydrogen (secondary N) is 1. The number of carboxylic acids is 1. The maximum Gasteiger partial charge on any atom is 1.00 e. The summed E-state index contributed by atoms with van der Waals surface area (Å²) >= 11 is 0. The summed E-state index contributed by atoms with van der Waals surface area (Å²) in [6.07, 6.45) is 1.66. The van der Waals surface area contributed by atoms with E-state index in [0.29, 0.717) is 18.5 Å². The molecule has 2 N–H and O–H groups in total. The minimum absolute atomic E-state index is 0. The van der Waals surface area contributed by atoms with Crippen LogP contribution in [-0.4, -0.2) is 70.1 Å². The Balaban J connectivity index is 0.00000131. The third-order valence-corrected chi connectivity index (χ3v) is 5.33. The van der Waals surface area contributed by atoms with Crippen molar-refractivity contribution in [1.82, 2.24) is 15.1 Å². The van der Waals surface area contributed by atoms with Gasteiger partial charge in [-0.25, -0.2) is 9.59 Å². The molecule has 1 aliphatic carbocycles. The summed E-state index contributed by atoms with van der Waals surface area (Å²) in [5.74, 6) is -1.81. The molecule has 3 atom stereocenters. The Morgan fingerprint density at radius 3 is 2.62 bits per heavy atom. The van der Waals surface area contributed by atoms with Gasteiger partial charge in [-0.2, -0.15) is 0 Å². The van der Waals surface area contributed by atoms with E-state index in [4.69, 9.17) is 4.74 Å². The molecule has 3 amide bonds. The molecule has 0 unspecified atom stereocenters. The van der Waals surface area contributed by atoms with Crippen LogP contribution in [0.2, 0.25) is 0 Å². The van der Waals surface area contributed by atoms with E-state index in [-0.39, 0.29) is 73.1 Å². The number of carbonyl (C=O) groups is 4. The van der Waals surface area contributed by atoms with Crippen LogP contribution in [0, 0.1) is 5.92 Å². The Morgan fingerprint density at radius 1 is 1.35 bits per heavy atom. The van der Waals surface area contributed by atoms with Gasteiger partial charge in [-0.1, -0.05) is 0 Å². The van der Waals surface area contributed by atoms with Crippen LogP contribution in [0.1, 0.15) is 27.6 Å². The first-order valence-electron chi connectivity index (χ1n) is 8.37. The second kappa shape index (κ2) is 6.86. The standard InChI is InChI=1S/C16H19N3O6.Na.H/c1-7(20)18-5-8-4-9(6-25-16(24)17-10-2-3-10)12(15(22)23)19-11(8)13(18)14(19)21;;/h8,10-11,13H,2-6H2,1H3,(H,17,24)(H,22,23);;/q;+1;-1/t8-,11-,13+;;/m1../s1. The zero-order valence-electron chi connectivity index (χ0n) is 15.7. The van der Waals surface area contributed by atoms with E-state index in [1.54, 1.807) is 0 Å². The fourth-order valence-electron chi connectivity index (χ4n) is 4.08. The second-order valence-electron chi connectivity index (χ2n) is 7.03. The number of hydrogen-bond donors (Lipinski definition) is 2. The molecule has 4 rings (SSSR count). The van der Waals surface area contributed by atoms with E-state index < -0.39 is 18.1 Å². The molecule has 1 saturated carbocycles. The Labute approximate surface area is 173 Å². The van der Waals surface area contributed by atoms with Crippen molar-refractivity contribution in [2.24, 2.45) is 5.92 Å². The maximum atomic E-state index is 12.4. The van der Waals surface area contributed by atoms with Crippen LogP contribution in [0.3, 0.4) is 0 Å². The first kappa shape index (κ1) is 19.2. The molecule has 0 spiro atoms. The molecule has 9 nitrogen and oxygen atoms in total. The molecule has 4 aliphatic rings. The van der Waals surface area contributed by atoms with Crippen molar-refractivity contribution in [3.63, 3.8) is 0 Å². The number of likely N-dealkylation sites (tertiary alicyclic amines) is 1. The van der Waals surface area contributed by atoms with Gasteiger partial charge in [-0.05, 0) is 24.8 Å². The Kier molecular flexibility index (Phi) is 5.06. The second-order valence-corrected chi connectivity index (χ2v) is 7.03. The number of alkyl carbamates (subject to hydrolysis) is 1. The van der Waals surface area contributed by atoms with E-state index in [1.807, 2.05) is 0 Å². The van der Waals surface area contributed by atoms with Crippen LogP contribution in [0.4, 0.5) is 4.79 Å². The summed E-state index contributed by atoms with van der Waals surface area (Å²) in [6, 6.07) is -0.697. The molecule has 2 saturated heterocycles. The quantitative estimate of drug-likeness (QED) is 0.396. The number of rotatable bonds is 4. The van der Waals surface area contributed by atoms with E-state index in [2.05, 4.69) is 5.32 Å². The average molecular weight is 373 g/mol. The van der Waals surface area contributed by atoms with E-state index in [9.17, 15) is 24.3 Å². The third-order valence-electron chi connectivity index (χ3n) is 5.33. The maximum absolute atomic E-state index is 12.4. The predicted octanol–water partition coefficient (Wildman–Crippen LogP) is -3.21. The summed E-state index contributed by atoms with van der Waals surface area (Å²) < 4.78 is 5.15. The van der Waals surface area contributed by atoms with Gasteiger partial charge in [0.2, 0.25) is 5.91 Å². The van der Waals surface area contributed by atoms with Gasteiger partial charge in [0.1, 0.15) is 18.3 Å². The summed E-state index contributed by atoms with van der Waals surface area (Å²) in [5, 5.41) is 12.2. The zero-order chi connectivity index (χ0) is 17.9. The number of β-lactam (4-membered cyclic amide) rings is 1. The smallest absolute Gasteiger partial charge is 1.00 e. The van der Waals surface area contributed by atoms with E-state index >= 15 is 0 Å². The van der Waals surface area contributed by atoms with Crippen molar-refractivity contribution in [2.75, 3.05) is 13.2 Å². The van der Waals surface area contributed by atoms with Crippen molar-refractivity contribution in [1.29, 1.82) is 0 Å². The first-order valence-corrected chi connectivity index (χ1v) is 8.37. The van der Waals surface area contributed by atoms with Crippen LogP contribution in [-0.2, 0) is 19.1 Å². The predicted molar refractivity (Wildman–Crippen MR) is 83.2 cm³/mol. The Bertz CT molecular complexity index is 725. The van der Waals surface area contributed by atoms with Crippen molar-refractivity contribution in [2.45, 2.75) is 44.3 Å². The number of carboxylic acid groups (broad SMARTS) is 1. The summed E-state index contributed by atoms with van der Waals surface area (Å²) in [5.41, 5.74) is 0.309. The Morgan fingerprint density at radius 2 is 2.04 bits per heavy atom. The van der Waals surface area contributed by atoms with Gasteiger partial charge < -0.3 is 21.5 Å². The molecule has 0 aromatic carbocycles. The minimum atomic E-state index is -1.22. The third kappa shape index (κ3) is 3.01. The van der Waals surface area contributed by atoms with Gasteiger partial charge in [0, 0.05) is 25.4 Å². The minimum Gasteiger partial charge on any atom is -1.00 e. The number of ether oxygens (including phenoxy) is 1. The van der Waals surface area contributed by atoms with E-state index in [1.165, 1.54) is 16.7 Å². The van der Waals surface area contributed by atoms with Gasteiger partial charge in [0.15, 0.2) is 0 Å². The average Bonchev–Trinajstić information content (AvgIpc) is 3.27. The number of aliphatic carboxylic acids is 1. The number of amides is 3. The molecule has 3 heterocycles. The molecule has 26 heavy (non-hydrogen) atoms. The van der Waals surface area contributed by atoms with Crippen LogP contribution in [0.25, 0.3) is 0 Å². The monoisotopic (exact) mass is 373 g/mol. The first-order chi connectivity index (χ1) is 11.9. The van der Waals surface area contributed by atoms with Gasteiger partial charge in [0.25, 0.3) is 5.91 Å². The summed E-state index contributed by atoms with van der Waals surface area (Å²) in [4.78, 5) is 50.3. The molecular weight excluding hydrogens is 353 g/mol. The van der Waals surface area contributed by atoms with Crippen molar-refractivity contribution in [3.05, 3.63) is 11.3 Å². The van der Waals surface area contributed by atoms with Gasteiger partial charge in [-0.15, -0.1) is 0 Å². The normalized spacial score (nSPS) is 28.8. The van der Waals surface area contributed by atoms with Gasteiger partial charge >= 0.3 is 41.6 Å². The molecule has 3 aliphatic heterocycles. The van der Waals surface area contributed by atoms with Gasteiger partial charge in [-0.3, -0.25) is 14.5 Å². The van der Waals surface area contributed by atoms with Crippen molar-refractivity contribution < 1.29 is 60.0 Å². The molecule has 0 aromatic rings. The molecule has 3 fully saturated rings. The van der Waals surface area contributed by atoms with Crippen molar-refractivity contribution >= 4 is 23.9 Å². The van der Waals surface area contributed by atoms with Crippen LogP contribution < -0.4 is 34.9 Å². The molecule has 0 radical (unpaired) electrons. The van der Waals surface area contributed by atoms with E-state index in [0.717, 1.165) is 12.8 Å². The summed E-state index contributed by atoms with van der Waals surface area (Å²) in [7, 11) is 0. The molecule has 10 heteroatoms.